The number of carbonyl (C=O) groups excluding carboxylic acids is 3. The lowest BCUT2D eigenvalue weighted by molar-refractivity contribution is -0.123. The molecule has 0 unspecified atom stereocenters. The van der Waals surface area contributed by atoms with E-state index in [2.05, 4.69) is 41.6 Å². The number of oxazole rings is 1. The molecular formula is C40H58N10O12. The summed E-state index contributed by atoms with van der Waals surface area (Å²) >= 11 is 0. The number of nitrogens with one attached hydrogen (secondary N) is 3. The number of aryl methyl sites for hydroxylation is 1. The van der Waals surface area contributed by atoms with Gasteiger partial charge in [-0.2, -0.15) is 10.1 Å². The third kappa shape index (κ3) is 18.9. The maximum atomic E-state index is 12.3. The van der Waals surface area contributed by atoms with Crippen molar-refractivity contribution in [2.75, 3.05) is 130 Å². The van der Waals surface area contributed by atoms with Crippen LogP contribution in [0.1, 0.15) is 25.7 Å². The number of amides is 3. The standard InChI is InChI=1S/C40H58N10O12/c1-2-13-61-40(53)45-11-17-57-21-25-58-22-18-55-15-8-34(52)44-10-16-56-20-24-60-27-26-59-23-19-54-14-7-33(51)43-9-3-4-12-50-38-35(37(41)46-29-47-38)36(49-50)30-5-6-32-31(28-30)48-39(42)62-32/h1,5-6,28-29H,3-4,7-27H2,(H2,42,48)(H,43,51)(H,44,52)(H,45,53)(H2,41,46,47). The number of aromatic nitrogens is 5. The zero-order chi connectivity index (χ0) is 44.0. The van der Waals surface area contributed by atoms with Gasteiger partial charge in [0.25, 0.3) is 6.01 Å². The second-order valence-corrected chi connectivity index (χ2v) is 13.2. The van der Waals surface area contributed by atoms with Gasteiger partial charge >= 0.3 is 6.09 Å². The van der Waals surface area contributed by atoms with Gasteiger partial charge in [0.15, 0.2) is 17.8 Å². The number of ether oxygens (including phenoxy) is 8. The molecule has 340 valence electrons. The number of hydrogen-bond acceptors (Lipinski definition) is 18. The minimum atomic E-state index is -0.588. The number of hydrogen-bond donors (Lipinski definition) is 5. The molecule has 0 bridgehead atoms. The van der Waals surface area contributed by atoms with E-state index in [9.17, 15) is 14.4 Å². The van der Waals surface area contributed by atoms with Gasteiger partial charge in [0.05, 0.1) is 97.9 Å². The van der Waals surface area contributed by atoms with Crippen molar-refractivity contribution in [3.63, 3.8) is 0 Å². The highest BCUT2D eigenvalue weighted by molar-refractivity contribution is 5.99. The molecule has 22 nitrogen and oxygen atoms in total. The molecule has 7 N–H and O–H groups in total. The number of rotatable bonds is 34. The van der Waals surface area contributed by atoms with Crippen molar-refractivity contribution in [3.8, 4) is 23.6 Å². The summed E-state index contributed by atoms with van der Waals surface area (Å²) in [7, 11) is 0. The maximum Gasteiger partial charge on any atom is 0.408 e. The predicted molar refractivity (Wildman–Crippen MR) is 226 cm³/mol. The molecule has 22 heteroatoms. The van der Waals surface area contributed by atoms with Crippen molar-refractivity contribution in [2.45, 2.75) is 32.2 Å². The second kappa shape index (κ2) is 29.6. The summed E-state index contributed by atoms with van der Waals surface area (Å²) in [6.07, 6.45) is 7.80. The van der Waals surface area contributed by atoms with Gasteiger partial charge in [0, 0.05) is 44.6 Å². The third-order valence-corrected chi connectivity index (χ3v) is 8.53. The molecule has 0 fully saturated rings. The van der Waals surface area contributed by atoms with Crippen molar-refractivity contribution < 1.29 is 56.7 Å². The van der Waals surface area contributed by atoms with Gasteiger partial charge in [-0.15, -0.1) is 6.42 Å². The Bertz CT molecular complexity index is 1970. The van der Waals surface area contributed by atoms with E-state index in [1.807, 2.05) is 12.1 Å². The number of unbranched alkanes of at least 4 members (excludes halogenated alkanes) is 1. The summed E-state index contributed by atoms with van der Waals surface area (Å²) in [5.41, 5.74) is 15.2. The van der Waals surface area contributed by atoms with E-state index in [1.165, 1.54) is 6.33 Å². The molecule has 0 aliphatic rings. The van der Waals surface area contributed by atoms with Crippen LogP contribution >= 0.6 is 0 Å². The largest absolute Gasteiger partial charge is 0.436 e. The van der Waals surface area contributed by atoms with Crippen LogP contribution in [0.5, 0.6) is 0 Å². The minimum Gasteiger partial charge on any atom is -0.436 e. The SMILES string of the molecule is C#CCOC(=O)NCCOCCOCCOCCC(=O)NCCOCCOCCOCCOCCC(=O)NCCCCn1nc(-c2ccc3oc(N)nc3c2)c2c(N)ncnc21. The van der Waals surface area contributed by atoms with Gasteiger partial charge in [0.1, 0.15) is 23.4 Å². The molecule has 1 aromatic carbocycles. The Morgan fingerprint density at radius 3 is 1.89 bits per heavy atom. The molecule has 0 aliphatic heterocycles. The zero-order valence-electron chi connectivity index (χ0n) is 34.9. The van der Waals surface area contributed by atoms with Crippen molar-refractivity contribution in [3.05, 3.63) is 24.5 Å². The van der Waals surface area contributed by atoms with Crippen molar-refractivity contribution in [1.29, 1.82) is 0 Å². The fourth-order valence-electron chi connectivity index (χ4n) is 5.55. The van der Waals surface area contributed by atoms with Crippen LogP contribution in [0.2, 0.25) is 0 Å². The van der Waals surface area contributed by atoms with Crippen molar-refractivity contribution in [1.82, 2.24) is 40.7 Å². The summed E-state index contributed by atoms with van der Waals surface area (Å²) < 4.78 is 49.9. The van der Waals surface area contributed by atoms with Gasteiger partial charge in [-0.1, -0.05) is 5.92 Å². The molecule has 3 aromatic heterocycles. The normalized spacial score (nSPS) is 11.2. The van der Waals surface area contributed by atoms with Crippen LogP contribution in [0.15, 0.2) is 28.9 Å². The Labute approximate surface area is 359 Å². The highest BCUT2D eigenvalue weighted by Gasteiger charge is 2.18. The van der Waals surface area contributed by atoms with Crippen LogP contribution < -0.4 is 27.4 Å². The first-order valence-electron chi connectivity index (χ1n) is 20.4. The number of benzene rings is 1. The van der Waals surface area contributed by atoms with Crippen molar-refractivity contribution in [2.24, 2.45) is 0 Å². The van der Waals surface area contributed by atoms with Crippen LogP contribution in [0.25, 0.3) is 33.4 Å². The molecule has 0 aliphatic carbocycles. The van der Waals surface area contributed by atoms with E-state index in [0.29, 0.717) is 146 Å². The Balaban J connectivity index is 0.873. The van der Waals surface area contributed by atoms with Crippen molar-refractivity contribution >= 4 is 51.9 Å². The molecule has 0 radical (unpaired) electrons. The average molecular weight is 871 g/mol. The molecule has 3 amide bonds. The summed E-state index contributed by atoms with van der Waals surface area (Å²) in [5, 5.41) is 13.6. The molecule has 0 saturated heterocycles. The quantitative estimate of drug-likeness (QED) is 0.0324. The van der Waals surface area contributed by atoms with E-state index in [1.54, 1.807) is 10.7 Å². The molecule has 4 rings (SSSR count). The fourth-order valence-corrected chi connectivity index (χ4v) is 5.55. The van der Waals surface area contributed by atoms with Gasteiger partial charge in [-0.25, -0.2) is 19.4 Å². The second-order valence-electron chi connectivity index (χ2n) is 13.2. The van der Waals surface area contributed by atoms with E-state index < -0.39 is 6.09 Å². The maximum absolute atomic E-state index is 12.3. The Kier molecular flexibility index (Phi) is 23.4. The zero-order valence-corrected chi connectivity index (χ0v) is 34.9. The number of nitrogens with zero attached hydrogens (tertiary/aromatic N) is 5. The van der Waals surface area contributed by atoms with E-state index >= 15 is 0 Å². The fraction of sp³-hybridized carbons (Fsp3) is 0.575. The highest BCUT2D eigenvalue weighted by Crippen LogP contribution is 2.32. The van der Waals surface area contributed by atoms with Gasteiger partial charge in [0.2, 0.25) is 11.8 Å². The first-order chi connectivity index (χ1) is 30.4. The van der Waals surface area contributed by atoms with E-state index in [-0.39, 0.29) is 43.9 Å². The number of fused-ring (bicyclic) bond motifs is 2. The number of nitrogens with two attached hydrogens (primary N) is 2. The van der Waals surface area contributed by atoms with E-state index in [0.717, 1.165) is 18.4 Å². The number of anilines is 2. The molecule has 3 heterocycles. The summed E-state index contributed by atoms with van der Waals surface area (Å²) in [5.74, 6) is 2.31. The van der Waals surface area contributed by atoms with Crippen LogP contribution in [-0.4, -0.2) is 161 Å². The highest BCUT2D eigenvalue weighted by atomic mass is 16.6. The molecule has 62 heavy (non-hydrogen) atoms. The number of terminal acetylenes is 1. The van der Waals surface area contributed by atoms with Gasteiger partial charge in [-0.3, -0.25) is 9.59 Å². The average Bonchev–Trinajstić information content (AvgIpc) is 3.84. The Morgan fingerprint density at radius 1 is 0.710 bits per heavy atom. The lowest BCUT2D eigenvalue weighted by Gasteiger charge is -2.09. The van der Waals surface area contributed by atoms with Crippen LogP contribution in [0.4, 0.5) is 16.6 Å². The molecular weight excluding hydrogens is 812 g/mol. The van der Waals surface area contributed by atoms with Crippen LogP contribution in [0, 0.1) is 12.3 Å². The first-order valence-corrected chi connectivity index (χ1v) is 20.4. The van der Waals surface area contributed by atoms with Gasteiger partial charge in [-0.05, 0) is 31.0 Å². The summed E-state index contributed by atoms with van der Waals surface area (Å²) in [4.78, 5) is 48.2. The number of carbonyl (C=O) groups is 3. The van der Waals surface area contributed by atoms with E-state index in [4.69, 9.17) is 60.6 Å². The minimum absolute atomic E-state index is 0.0780. The van der Waals surface area contributed by atoms with Crippen LogP contribution in [0.3, 0.4) is 0 Å². The lowest BCUT2D eigenvalue weighted by atomic mass is 10.1. The predicted octanol–water partition coefficient (Wildman–Crippen LogP) is 1.07. The number of alkyl carbamates (subject to hydrolysis) is 1. The van der Waals surface area contributed by atoms with Gasteiger partial charge < -0.3 is 69.7 Å². The smallest absolute Gasteiger partial charge is 0.408 e. The summed E-state index contributed by atoms with van der Waals surface area (Å²) in [6.45, 7) is 6.77. The topological polar surface area (TPSA) is 283 Å². The molecule has 0 saturated carbocycles. The lowest BCUT2D eigenvalue weighted by Crippen LogP contribution is -2.28. The first kappa shape index (κ1) is 49.0. The Morgan fingerprint density at radius 2 is 1.27 bits per heavy atom. The molecule has 0 atom stereocenters. The molecule has 0 spiro atoms. The molecule has 4 aromatic rings. The Hall–Kier alpha value is -5.67. The van der Waals surface area contributed by atoms with Crippen LogP contribution in [-0.2, 0) is 54.0 Å². The summed E-state index contributed by atoms with van der Waals surface area (Å²) in [6, 6.07) is 5.57. The third-order valence-electron chi connectivity index (χ3n) is 8.53. The number of nitrogen functional groups attached to an aromatic ring is 2. The monoisotopic (exact) mass is 870 g/mol.